The van der Waals surface area contributed by atoms with Crippen LogP contribution in [0.1, 0.15) is 31.0 Å². The molecule has 1 fully saturated rings. The first-order valence-corrected chi connectivity index (χ1v) is 5.05. The predicted octanol–water partition coefficient (Wildman–Crippen LogP) is 3.06. The topological polar surface area (TPSA) is 12.9 Å². The number of nitrogens with zero attached hydrogens (tertiary/aromatic N) is 1. The summed E-state index contributed by atoms with van der Waals surface area (Å²) in [5.74, 6) is 0. The van der Waals surface area contributed by atoms with Crippen LogP contribution in [0.2, 0.25) is 0 Å². The van der Waals surface area contributed by atoms with Crippen LogP contribution in [-0.4, -0.2) is 12.0 Å². The van der Waals surface area contributed by atoms with Crippen molar-refractivity contribution < 1.29 is 12.9 Å². The molecule has 15 heavy (non-hydrogen) atoms. The number of halogens is 3. The fraction of sp³-hybridized carbons (Fsp3) is 0.500. The molecule has 0 bridgehead atoms. The summed E-state index contributed by atoms with van der Waals surface area (Å²) >= 11 is 0. The van der Waals surface area contributed by atoms with Crippen LogP contribution in [0.5, 0.6) is 0 Å². The van der Waals surface area contributed by atoms with Gasteiger partial charge in [0.15, 0.2) is 0 Å². The van der Waals surface area contributed by atoms with Crippen molar-refractivity contribution >= 4 is 6.98 Å². The molecule has 0 spiro atoms. The van der Waals surface area contributed by atoms with Gasteiger partial charge in [-0.05, 0) is 42.3 Å². The monoisotopic (exact) mass is 214 g/mol. The molecule has 0 aromatic carbocycles. The smallest absolute Gasteiger partial charge is 0.449 e. The van der Waals surface area contributed by atoms with Gasteiger partial charge in [0.25, 0.3) is 0 Å². The first-order chi connectivity index (χ1) is 6.89. The highest BCUT2D eigenvalue weighted by molar-refractivity contribution is 6.57. The molecule has 5 heteroatoms. The van der Waals surface area contributed by atoms with Crippen molar-refractivity contribution in [2.45, 2.75) is 31.5 Å². The standard InChI is InChI=1S/C10H12BF3N/c1-10(3-4-10)8-2-5-15-9(6-8)7-11(12,13)14/h2,5-6H,3-4,7H2,1H3/q-1. The molecule has 0 N–H and O–H groups in total. The van der Waals surface area contributed by atoms with E-state index >= 15 is 0 Å². The Kier molecular flexibility index (Phi) is 2.28. The molecule has 0 amide bonds. The number of pyridine rings is 1. The second-order valence-electron chi connectivity index (χ2n) is 4.51. The maximum atomic E-state index is 12.2. The summed E-state index contributed by atoms with van der Waals surface area (Å²) in [6, 6.07) is 3.42. The minimum absolute atomic E-state index is 0.107. The van der Waals surface area contributed by atoms with Crippen molar-refractivity contribution in [2.75, 3.05) is 0 Å². The molecule has 0 aliphatic heterocycles. The molecule has 1 aromatic heterocycles. The van der Waals surface area contributed by atoms with Gasteiger partial charge < -0.3 is 12.9 Å². The van der Waals surface area contributed by atoms with Crippen LogP contribution in [-0.2, 0) is 11.7 Å². The zero-order valence-electron chi connectivity index (χ0n) is 8.51. The minimum atomic E-state index is -4.78. The van der Waals surface area contributed by atoms with Crippen LogP contribution in [0.25, 0.3) is 0 Å². The number of hydrogen-bond acceptors (Lipinski definition) is 1. The average molecular weight is 214 g/mol. The number of rotatable bonds is 3. The fourth-order valence-corrected chi connectivity index (χ4v) is 1.68. The van der Waals surface area contributed by atoms with Gasteiger partial charge in [0.2, 0.25) is 0 Å². The van der Waals surface area contributed by atoms with Gasteiger partial charge in [0.05, 0.1) is 0 Å². The van der Waals surface area contributed by atoms with Crippen molar-refractivity contribution in [1.29, 1.82) is 0 Å². The van der Waals surface area contributed by atoms with Gasteiger partial charge in [-0.2, -0.15) is 0 Å². The molecule has 1 aliphatic rings. The Morgan fingerprint density at radius 3 is 2.60 bits per heavy atom. The summed E-state index contributed by atoms with van der Waals surface area (Å²) in [6.45, 7) is -2.70. The van der Waals surface area contributed by atoms with Gasteiger partial charge in [-0.3, -0.25) is 4.98 Å². The SMILES string of the molecule is CC1(c2ccnc(C[B-](F)(F)F)c2)CC1. The van der Waals surface area contributed by atoms with Gasteiger partial charge in [-0.15, -0.1) is 0 Å². The molecule has 0 atom stereocenters. The van der Waals surface area contributed by atoms with Gasteiger partial charge >= 0.3 is 6.98 Å². The Morgan fingerprint density at radius 2 is 2.07 bits per heavy atom. The van der Waals surface area contributed by atoms with Gasteiger partial charge in [0.1, 0.15) is 0 Å². The lowest BCUT2D eigenvalue weighted by molar-refractivity contribution is 0.467. The van der Waals surface area contributed by atoms with Crippen molar-refractivity contribution in [3.8, 4) is 0 Å². The fourth-order valence-electron chi connectivity index (χ4n) is 1.68. The highest BCUT2D eigenvalue weighted by Crippen LogP contribution is 2.47. The summed E-state index contributed by atoms with van der Waals surface area (Å²) in [5, 5.41) is 0. The van der Waals surface area contributed by atoms with Crippen molar-refractivity contribution in [1.82, 2.24) is 4.98 Å². The van der Waals surface area contributed by atoms with E-state index in [1.165, 1.54) is 6.20 Å². The lowest BCUT2D eigenvalue weighted by atomic mass is 9.83. The molecule has 1 aliphatic carbocycles. The summed E-state index contributed by atoms with van der Waals surface area (Å²) in [4.78, 5) is 3.76. The van der Waals surface area contributed by atoms with Gasteiger partial charge in [0, 0.05) is 11.9 Å². The van der Waals surface area contributed by atoms with E-state index in [9.17, 15) is 12.9 Å². The Hall–Kier alpha value is -0.995. The summed E-state index contributed by atoms with van der Waals surface area (Å²) in [6.07, 6.45) is 2.74. The third-order valence-electron chi connectivity index (χ3n) is 2.95. The summed E-state index contributed by atoms with van der Waals surface area (Å²) in [7, 11) is 0. The Morgan fingerprint density at radius 1 is 1.40 bits per heavy atom. The third kappa shape index (κ3) is 2.52. The van der Waals surface area contributed by atoms with E-state index in [4.69, 9.17) is 0 Å². The zero-order chi connectivity index (χ0) is 11.1. The molecule has 0 saturated heterocycles. The lowest BCUT2D eigenvalue weighted by Crippen LogP contribution is -2.20. The first-order valence-electron chi connectivity index (χ1n) is 5.05. The molecular weight excluding hydrogens is 202 g/mol. The molecule has 0 radical (unpaired) electrons. The maximum Gasteiger partial charge on any atom is 0.484 e. The van der Waals surface area contributed by atoms with E-state index < -0.39 is 13.3 Å². The van der Waals surface area contributed by atoms with Crippen LogP contribution >= 0.6 is 0 Å². The Labute approximate surface area is 86.8 Å². The van der Waals surface area contributed by atoms with Crippen LogP contribution in [0.3, 0.4) is 0 Å². The molecule has 1 nitrogen and oxygen atoms in total. The molecule has 82 valence electrons. The zero-order valence-corrected chi connectivity index (χ0v) is 8.51. The van der Waals surface area contributed by atoms with E-state index in [2.05, 4.69) is 11.9 Å². The molecule has 1 saturated carbocycles. The first kappa shape index (κ1) is 10.5. The van der Waals surface area contributed by atoms with Crippen LogP contribution in [0, 0.1) is 0 Å². The minimum Gasteiger partial charge on any atom is -0.449 e. The van der Waals surface area contributed by atoms with E-state index in [-0.39, 0.29) is 11.1 Å². The second kappa shape index (κ2) is 3.25. The van der Waals surface area contributed by atoms with E-state index in [0.29, 0.717) is 0 Å². The van der Waals surface area contributed by atoms with Crippen LogP contribution in [0.15, 0.2) is 18.3 Å². The molecule has 2 rings (SSSR count). The highest BCUT2D eigenvalue weighted by Gasteiger charge is 2.39. The quantitative estimate of drug-likeness (QED) is 0.704. The number of aromatic nitrogens is 1. The molecule has 1 heterocycles. The Balaban J connectivity index is 2.20. The summed E-state index contributed by atoms with van der Waals surface area (Å²) < 4.78 is 36.6. The van der Waals surface area contributed by atoms with Crippen LogP contribution in [0.4, 0.5) is 12.9 Å². The van der Waals surface area contributed by atoms with Crippen molar-refractivity contribution in [2.24, 2.45) is 0 Å². The van der Waals surface area contributed by atoms with Crippen molar-refractivity contribution in [3.63, 3.8) is 0 Å². The van der Waals surface area contributed by atoms with E-state index in [1.807, 2.05) is 6.07 Å². The van der Waals surface area contributed by atoms with E-state index in [0.717, 1.165) is 18.4 Å². The van der Waals surface area contributed by atoms with Gasteiger partial charge in [-0.25, -0.2) is 0 Å². The van der Waals surface area contributed by atoms with E-state index in [1.54, 1.807) is 6.07 Å². The number of hydrogen-bond donors (Lipinski definition) is 0. The maximum absolute atomic E-state index is 12.2. The van der Waals surface area contributed by atoms with Crippen LogP contribution < -0.4 is 0 Å². The lowest BCUT2D eigenvalue weighted by Gasteiger charge is -2.15. The summed E-state index contributed by atoms with van der Waals surface area (Å²) in [5.41, 5.74) is 1.25. The van der Waals surface area contributed by atoms with Crippen molar-refractivity contribution in [3.05, 3.63) is 29.6 Å². The normalized spacial score (nSPS) is 18.9. The highest BCUT2D eigenvalue weighted by atomic mass is 19.4. The predicted molar refractivity (Wildman–Crippen MR) is 53.6 cm³/mol. The third-order valence-corrected chi connectivity index (χ3v) is 2.95. The molecule has 0 unspecified atom stereocenters. The second-order valence-corrected chi connectivity index (χ2v) is 4.51. The molecule has 1 aromatic rings. The Bertz CT molecular complexity index is 371. The average Bonchev–Trinajstić information content (AvgIpc) is 2.82. The van der Waals surface area contributed by atoms with Gasteiger partial charge in [-0.1, -0.05) is 6.92 Å². The molecular formula is C10H12BF3N-. The largest absolute Gasteiger partial charge is 0.484 e.